The molecule has 1 aromatic heterocycles. The van der Waals surface area contributed by atoms with Crippen molar-refractivity contribution >= 4 is 49.5 Å². The summed E-state index contributed by atoms with van der Waals surface area (Å²) < 4.78 is 1.91. The van der Waals surface area contributed by atoms with Crippen LogP contribution in [0, 0.1) is 0 Å². The lowest BCUT2D eigenvalue weighted by Gasteiger charge is -1.99. The first kappa shape index (κ1) is 10.2. The van der Waals surface area contributed by atoms with Crippen molar-refractivity contribution in [1.29, 1.82) is 0 Å². The fraction of sp³-hybridized carbons (Fsp3) is 0.125. The molecule has 64 valence electrons. The molecule has 0 saturated carbocycles. The lowest BCUT2D eigenvalue weighted by molar-refractivity contribution is 1.28. The van der Waals surface area contributed by atoms with Gasteiger partial charge >= 0.3 is 0 Å². The quantitative estimate of drug-likeness (QED) is 0.756. The van der Waals surface area contributed by atoms with Crippen molar-refractivity contribution in [2.24, 2.45) is 0 Å². The summed E-state index contributed by atoms with van der Waals surface area (Å²) in [4.78, 5) is 3.99. The average molecular weight is 311 g/mol. The Kier molecular flexibility index (Phi) is 4.26. The molecule has 0 amide bonds. The van der Waals surface area contributed by atoms with Gasteiger partial charge in [0.05, 0.1) is 0 Å². The maximum atomic E-state index is 5.52. The standard InChI is InChI=1S/C8H6Br2ClN/c9-7-4-12-5-8(10)6(7)2-1-3-11/h1-2,4-5H,3H2/b2-1+. The van der Waals surface area contributed by atoms with Gasteiger partial charge in [-0.15, -0.1) is 11.6 Å². The van der Waals surface area contributed by atoms with Crippen LogP contribution in [0.5, 0.6) is 0 Å². The van der Waals surface area contributed by atoms with Crippen LogP contribution in [0.4, 0.5) is 0 Å². The molecule has 0 spiro atoms. The molecule has 0 radical (unpaired) electrons. The van der Waals surface area contributed by atoms with E-state index in [4.69, 9.17) is 11.6 Å². The molecule has 0 unspecified atom stereocenters. The summed E-state index contributed by atoms with van der Waals surface area (Å²) in [5.41, 5.74) is 1.06. The lowest BCUT2D eigenvalue weighted by atomic mass is 10.2. The highest BCUT2D eigenvalue weighted by molar-refractivity contribution is 9.11. The van der Waals surface area contributed by atoms with E-state index in [2.05, 4.69) is 36.8 Å². The number of halogens is 3. The van der Waals surface area contributed by atoms with Crippen LogP contribution in [0.3, 0.4) is 0 Å². The molecular formula is C8H6Br2ClN. The van der Waals surface area contributed by atoms with Crippen molar-refractivity contribution in [3.8, 4) is 0 Å². The fourth-order valence-electron chi connectivity index (χ4n) is 0.743. The number of alkyl halides is 1. The smallest absolute Gasteiger partial charge is 0.0442 e. The number of allylic oxidation sites excluding steroid dienone is 1. The van der Waals surface area contributed by atoms with Gasteiger partial charge < -0.3 is 0 Å². The zero-order valence-corrected chi connectivity index (χ0v) is 10.0. The Balaban J connectivity index is 3.04. The highest BCUT2D eigenvalue weighted by atomic mass is 79.9. The number of hydrogen-bond donors (Lipinski definition) is 0. The van der Waals surface area contributed by atoms with E-state index < -0.39 is 0 Å². The average Bonchev–Trinajstić information content (AvgIpc) is 2.04. The van der Waals surface area contributed by atoms with Crippen LogP contribution in [0.25, 0.3) is 6.08 Å². The molecule has 0 aliphatic heterocycles. The van der Waals surface area contributed by atoms with Crippen LogP contribution in [0.1, 0.15) is 5.56 Å². The zero-order chi connectivity index (χ0) is 8.97. The summed E-state index contributed by atoms with van der Waals surface area (Å²) in [5, 5.41) is 0. The summed E-state index contributed by atoms with van der Waals surface area (Å²) in [6, 6.07) is 0. The van der Waals surface area contributed by atoms with Gasteiger partial charge in [-0.25, -0.2) is 0 Å². The zero-order valence-electron chi connectivity index (χ0n) is 6.10. The Labute approximate surface area is 93.1 Å². The molecule has 12 heavy (non-hydrogen) atoms. The van der Waals surface area contributed by atoms with Gasteiger partial charge in [0, 0.05) is 32.8 Å². The van der Waals surface area contributed by atoms with E-state index in [0.29, 0.717) is 5.88 Å². The normalized spacial score (nSPS) is 10.9. The SMILES string of the molecule is ClC/C=C/c1c(Br)cncc1Br. The molecule has 0 fully saturated rings. The van der Waals surface area contributed by atoms with Crippen molar-refractivity contribution in [2.45, 2.75) is 0 Å². The van der Waals surface area contributed by atoms with Gasteiger partial charge in [-0.1, -0.05) is 12.2 Å². The summed E-state index contributed by atoms with van der Waals surface area (Å²) in [6.07, 6.45) is 7.33. The molecule has 0 aliphatic carbocycles. The molecule has 0 aliphatic rings. The molecule has 0 aromatic carbocycles. The van der Waals surface area contributed by atoms with Crippen LogP contribution in [0.2, 0.25) is 0 Å². The van der Waals surface area contributed by atoms with Crippen molar-refractivity contribution in [3.05, 3.63) is 33.0 Å². The van der Waals surface area contributed by atoms with E-state index >= 15 is 0 Å². The topological polar surface area (TPSA) is 12.9 Å². The molecule has 1 nitrogen and oxygen atoms in total. The Morgan fingerprint density at radius 1 is 1.33 bits per heavy atom. The predicted octanol–water partition coefficient (Wildman–Crippen LogP) is 3.86. The minimum atomic E-state index is 0.515. The molecule has 0 bridgehead atoms. The van der Waals surface area contributed by atoms with Crippen molar-refractivity contribution in [1.82, 2.24) is 4.98 Å². The first-order valence-corrected chi connectivity index (χ1v) is 5.39. The summed E-state index contributed by atoms with van der Waals surface area (Å²) in [6.45, 7) is 0. The monoisotopic (exact) mass is 309 g/mol. The van der Waals surface area contributed by atoms with Crippen LogP contribution < -0.4 is 0 Å². The van der Waals surface area contributed by atoms with E-state index in [0.717, 1.165) is 14.5 Å². The second-order valence-corrected chi connectivity index (χ2v) is 4.09. The number of rotatable bonds is 2. The third-order valence-corrected chi connectivity index (χ3v) is 2.71. The van der Waals surface area contributed by atoms with E-state index in [1.807, 2.05) is 12.2 Å². The third-order valence-electron chi connectivity index (χ3n) is 1.26. The molecule has 1 rings (SSSR count). The van der Waals surface area contributed by atoms with E-state index in [1.54, 1.807) is 12.4 Å². The van der Waals surface area contributed by atoms with Crippen molar-refractivity contribution in [3.63, 3.8) is 0 Å². The van der Waals surface area contributed by atoms with Gasteiger partial charge in [-0.3, -0.25) is 4.98 Å². The molecule has 4 heteroatoms. The summed E-state index contributed by atoms with van der Waals surface area (Å²) >= 11 is 12.3. The number of aromatic nitrogens is 1. The molecule has 0 N–H and O–H groups in total. The first-order chi connectivity index (χ1) is 5.75. The van der Waals surface area contributed by atoms with E-state index in [9.17, 15) is 0 Å². The highest BCUT2D eigenvalue weighted by Crippen LogP contribution is 2.24. The van der Waals surface area contributed by atoms with Crippen LogP contribution in [-0.2, 0) is 0 Å². The highest BCUT2D eigenvalue weighted by Gasteiger charge is 1.99. The van der Waals surface area contributed by atoms with Crippen molar-refractivity contribution in [2.75, 3.05) is 5.88 Å². The van der Waals surface area contributed by atoms with Gasteiger partial charge in [0.1, 0.15) is 0 Å². The molecule has 0 atom stereocenters. The lowest BCUT2D eigenvalue weighted by Crippen LogP contribution is -1.81. The minimum absolute atomic E-state index is 0.515. The Morgan fingerprint density at radius 3 is 2.42 bits per heavy atom. The second-order valence-electron chi connectivity index (χ2n) is 2.07. The number of hydrogen-bond acceptors (Lipinski definition) is 1. The van der Waals surface area contributed by atoms with Gasteiger partial charge in [0.2, 0.25) is 0 Å². The predicted molar refractivity (Wildman–Crippen MR) is 59.4 cm³/mol. The van der Waals surface area contributed by atoms with Crippen molar-refractivity contribution < 1.29 is 0 Å². The minimum Gasteiger partial charge on any atom is -0.262 e. The fourth-order valence-corrected chi connectivity index (χ4v) is 2.03. The summed E-state index contributed by atoms with van der Waals surface area (Å²) in [7, 11) is 0. The molecule has 0 saturated heterocycles. The molecular weight excluding hydrogens is 305 g/mol. The van der Waals surface area contributed by atoms with Gasteiger partial charge in [0.15, 0.2) is 0 Å². The number of pyridine rings is 1. The molecule has 1 heterocycles. The van der Waals surface area contributed by atoms with E-state index in [-0.39, 0.29) is 0 Å². The Hall–Kier alpha value is 0.140. The maximum Gasteiger partial charge on any atom is 0.0442 e. The second kappa shape index (κ2) is 5.00. The van der Waals surface area contributed by atoms with Crippen LogP contribution in [-0.4, -0.2) is 10.9 Å². The maximum absolute atomic E-state index is 5.52. The number of nitrogens with zero attached hydrogens (tertiary/aromatic N) is 1. The van der Waals surface area contributed by atoms with Gasteiger partial charge in [0.25, 0.3) is 0 Å². The van der Waals surface area contributed by atoms with Crippen LogP contribution >= 0.6 is 43.5 Å². The van der Waals surface area contributed by atoms with Gasteiger partial charge in [-0.2, -0.15) is 0 Å². The van der Waals surface area contributed by atoms with E-state index in [1.165, 1.54) is 0 Å². The summed E-state index contributed by atoms with van der Waals surface area (Å²) in [5.74, 6) is 0.515. The Morgan fingerprint density at radius 2 is 1.92 bits per heavy atom. The first-order valence-electron chi connectivity index (χ1n) is 3.27. The van der Waals surface area contributed by atoms with Gasteiger partial charge in [-0.05, 0) is 31.9 Å². The third kappa shape index (κ3) is 2.57. The molecule has 1 aromatic rings. The van der Waals surface area contributed by atoms with Crippen LogP contribution in [0.15, 0.2) is 27.4 Å². The Bertz CT molecular complexity index is 279. The largest absolute Gasteiger partial charge is 0.262 e.